The molecule has 0 aliphatic heterocycles. The van der Waals surface area contributed by atoms with Crippen molar-refractivity contribution in [2.75, 3.05) is 13.2 Å². The van der Waals surface area contributed by atoms with E-state index in [0.29, 0.717) is 32.7 Å². The molecule has 23 heavy (non-hydrogen) atoms. The van der Waals surface area contributed by atoms with Gasteiger partial charge in [0.2, 0.25) is 0 Å². The van der Waals surface area contributed by atoms with E-state index in [4.69, 9.17) is 9.47 Å². The van der Waals surface area contributed by atoms with E-state index in [2.05, 4.69) is 0 Å². The Kier molecular flexibility index (Phi) is 6.19. The Morgan fingerprint density at radius 3 is 2.35 bits per heavy atom. The fourth-order valence-corrected chi connectivity index (χ4v) is 2.89. The van der Waals surface area contributed by atoms with Crippen molar-refractivity contribution in [3.8, 4) is 0 Å². The van der Waals surface area contributed by atoms with E-state index < -0.39 is 5.41 Å². The molecule has 0 spiro atoms. The van der Waals surface area contributed by atoms with Gasteiger partial charge in [0.05, 0.1) is 31.3 Å². The summed E-state index contributed by atoms with van der Waals surface area (Å²) in [6.45, 7) is 7.07. The van der Waals surface area contributed by atoms with Crippen LogP contribution >= 0.6 is 0 Å². The zero-order chi connectivity index (χ0) is 16.9. The second-order valence-corrected chi connectivity index (χ2v) is 7.49. The molecule has 4 heteroatoms. The minimum atomic E-state index is -0.490. The molecule has 1 aliphatic carbocycles. The predicted molar refractivity (Wildman–Crippen MR) is 88.7 cm³/mol. The van der Waals surface area contributed by atoms with Crippen LogP contribution in [0.25, 0.3) is 0 Å². The fourth-order valence-electron chi connectivity index (χ4n) is 2.89. The topological polar surface area (TPSA) is 55.8 Å². The van der Waals surface area contributed by atoms with Crippen LogP contribution in [0.1, 0.15) is 39.2 Å². The third-order valence-corrected chi connectivity index (χ3v) is 4.30. The molecule has 1 unspecified atom stereocenters. The van der Waals surface area contributed by atoms with Gasteiger partial charge < -0.3 is 14.6 Å². The standard InChI is InChI=1S/C19H28O4/c1-19(2,3)18(21)23-13-16-10-17(20)9-15(16)12-22-11-14-7-5-4-6-8-14/h4-8,15-17,20H,9-13H2,1-3H3/t15-,16-,17?/m1/s1. The highest BCUT2D eigenvalue weighted by molar-refractivity contribution is 5.75. The SMILES string of the molecule is CC(C)(C)C(=O)OC[C@H]1CC(O)C[C@@H]1COCc1ccccc1. The van der Waals surface area contributed by atoms with Gasteiger partial charge in [0.25, 0.3) is 0 Å². The summed E-state index contributed by atoms with van der Waals surface area (Å²) in [4.78, 5) is 11.9. The summed E-state index contributed by atoms with van der Waals surface area (Å²) in [6, 6.07) is 10.0. The van der Waals surface area contributed by atoms with Gasteiger partial charge in [-0.3, -0.25) is 4.79 Å². The predicted octanol–water partition coefficient (Wildman–Crippen LogP) is 3.18. The molecule has 1 aromatic rings. The first-order chi connectivity index (χ1) is 10.9. The fraction of sp³-hybridized carbons (Fsp3) is 0.632. The summed E-state index contributed by atoms with van der Waals surface area (Å²) >= 11 is 0. The molecule has 2 rings (SSSR count). The number of hydrogen-bond acceptors (Lipinski definition) is 4. The van der Waals surface area contributed by atoms with Gasteiger partial charge in [-0.25, -0.2) is 0 Å². The number of rotatable bonds is 6. The largest absolute Gasteiger partial charge is 0.465 e. The number of ether oxygens (including phenoxy) is 2. The summed E-state index contributed by atoms with van der Waals surface area (Å²) in [5.41, 5.74) is 0.651. The van der Waals surface area contributed by atoms with Crippen molar-refractivity contribution in [3.05, 3.63) is 35.9 Å². The molecule has 1 fully saturated rings. The van der Waals surface area contributed by atoms with E-state index in [1.54, 1.807) is 0 Å². The van der Waals surface area contributed by atoms with Crippen molar-refractivity contribution in [2.45, 2.75) is 46.3 Å². The minimum absolute atomic E-state index is 0.173. The highest BCUT2D eigenvalue weighted by Gasteiger charge is 2.35. The number of esters is 1. The quantitative estimate of drug-likeness (QED) is 0.818. The van der Waals surface area contributed by atoms with Crippen LogP contribution in [0.3, 0.4) is 0 Å². The molecule has 0 amide bonds. The molecular formula is C19H28O4. The maximum atomic E-state index is 11.9. The lowest BCUT2D eigenvalue weighted by atomic mass is 9.96. The van der Waals surface area contributed by atoms with Crippen LogP contribution in [0.4, 0.5) is 0 Å². The molecule has 1 saturated carbocycles. The number of aliphatic hydroxyl groups is 1. The molecule has 0 radical (unpaired) electrons. The molecule has 0 aromatic heterocycles. The first kappa shape index (κ1) is 18.0. The molecule has 1 aliphatic rings. The third kappa shape index (κ3) is 5.63. The molecule has 4 nitrogen and oxygen atoms in total. The van der Waals surface area contributed by atoms with Gasteiger partial charge in [-0.15, -0.1) is 0 Å². The smallest absolute Gasteiger partial charge is 0.311 e. The van der Waals surface area contributed by atoms with E-state index in [1.165, 1.54) is 0 Å². The van der Waals surface area contributed by atoms with Crippen molar-refractivity contribution < 1.29 is 19.4 Å². The first-order valence-corrected chi connectivity index (χ1v) is 8.33. The van der Waals surface area contributed by atoms with E-state index in [9.17, 15) is 9.90 Å². The van der Waals surface area contributed by atoms with Crippen LogP contribution in [0, 0.1) is 17.3 Å². The zero-order valence-electron chi connectivity index (χ0n) is 14.3. The Balaban J connectivity index is 1.78. The maximum absolute atomic E-state index is 11.9. The van der Waals surface area contributed by atoms with E-state index in [1.807, 2.05) is 51.1 Å². The lowest BCUT2D eigenvalue weighted by Gasteiger charge is -2.22. The Labute approximate surface area is 138 Å². The highest BCUT2D eigenvalue weighted by atomic mass is 16.5. The molecule has 1 aromatic carbocycles. The number of carbonyl (C=O) groups is 1. The van der Waals surface area contributed by atoms with Gasteiger partial charge in [0, 0.05) is 5.92 Å². The van der Waals surface area contributed by atoms with Crippen LogP contribution in [0.15, 0.2) is 30.3 Å². The molecular weight excluding hydrogens is 292 g/mol. The summed E-state index contributed by atoms with van der Waals surface area (Å²) in [5.74, 6) is 0.219. The van der Waals surface area contributed by atoms with E-state index in [0.717, 1.165) is 5.56 Å². The average Bonchev–Trinajstić information content (AvgIpc) is 2.85. The number of aliphatic hydroxyl groups excluding tert-OH is 1. The van der Waals surface area contributed by atoms with Gasteiger partial charge in [0.15, 0.2) is 0 Å². The van der Waals surface area contributed by atoms with Gasteiger partial charge in [-0.2, -0.15) is 0 Å². The highest BCUT2D eigenvalue weighted by Crippen LogP contribution is 2.33. The van der Waals surface area contributed by atoms with E-state index in [-0.39, 0.29) is 23.9 Å². The maximum Gasteiger partial charge on any atom is 0.311 e. The Hall–Kier alpha value is -1.39. The normalized spacial score (nSPS) is 24.6. The second kappa shape index (κ2) is 7.93. The van der Waals surface area contributed by atoms with Gasteiger partial charge >= 0.3 is 5.97 Å². The van der Waals surface area contributed by atoms with Crippen molar-refractivity contribution >= 4 is 5.97 Å². The lowest BCUT2D eigenvalue weighted by Crippen LogP contribution is -2.27. The number of hydrogen-bond donors (Lipinski definition) is 1. The van der Waals surface area contributed by atoms with Crippen LogP contribution < -0.4 is 0 Å². The lowest BCUT2D eigenvalue weighted by molar-refractivity contribution is -0.155. The Morgan fingerprint density at radius 2 is 1.74 bits per heavy atom. The molecule has 128 valence electrons. The van der Waals surface area contributed by atoms with Crippen molar-refractivity contribution in [2.24, 2.45) is 17.3 Å². The van der Waals surface area contributed by atoms with Crippen LogP contribution in [0.2, 0.25) is 0 Å². The summed E-state index contributed by atoms with van der Waals surface area (Å²) < 4.78 is 11.2. The van der Waals surface area contributed by atoms with Crippen molar-refractivity contribution in [3.63, 3.8) is 0 Å². The van der Waals surface area contributed by atoms with Gasteiger partial charge in [0.1, 0.15) is 0 Å². The molecule has 1 N–H and O–H groups in total. The second-order valence-electron chi connectivity index (χ2n) is 7.49. The molecule has 3 atom stereocenters. The molecule has 0 heterocycles. The molecule has 0 bridgehead atoms. The Bertz CT molecular complexity index is 492. The van der Waals surface area contributed by atoms with Gasteiger partial charge in [-0.1, -0.05) is 30.3 Å². The van der Waals surface area contributed by atoms with Crippen molar-refractivity contribution in [1.29, 1.82) is 0 Å². The number of benzene rings is 1. The first-order valence-electron chi connectivity index (χ1n) is 8.33. The molecule has 0 saturated heterocycles. The Morgan fingerprint density at radius 1 is 1.13 bits per heavy atom. The zero-order valence-corrected chi connectivity index (χ0v) is 14.3. The summed E-state index contributed by atoms with van der Waals surface area (Å²) in [5, 5.41) is 9.92. The van der Waals surface area contributed by atoms with E-state index >= 15 is 0 Å². The van der Waals surface area contributed by atoms with Crippen LogP contribution in [-0.2, 0) is 20.9 Å². The summed E-state index contributed by atoms with van der Waals surface area (Å²) in [7, 11) is 0. The van der Waals surface area contributed by atoms with Gasteiger partial charge in [-0.05, 0) is 45.1 Å². The monoisotopic (exact) mass is 320 g/mol. The average molecular weight is 320 g/mol. The van der Waals surface area contributed by atoms with Crippen LogP contribution in [0.5, 0.6) is 0 Å². The minimum Gasteiger partial charge on any atom is -0.465 e. The number of carbonyl (C=O) groups excluding carboxylic acids is 1. The third-order valence-electron chi connectivity index (χ3n) is 4.30. The van der Waals surface area contributed by atoms with Crippen LogP contribution in [-0.4, -0.2) is 30.4 Å². The summed E-state index contributed by atoms with van der Waals surface area (Å²) in [6.07, 6.45) is 1.07. The van der Waals surface area contributed by atoms with Crippen molar-refractivity contribution in [1.82, 2.24) is 0 Å².